The number of hydrogen-bond donors (Lipinski definition) is 0. The number of fused-ring (bicyclic) bond motifs is 12. The van der Waals surface area contributed by atoms with Crippen molar-refractivity contribution in [2.75, 3.05) is 4.90 Å². The number of allylic oxidation sites excluding steroid dienone is 6. The molecule has 0 fully saturated rings. The van der Waals surface area contributed by atoms with Gasteiger partial charge in [0, 0.05) is 33.6 Å². The number of aromatic nitrogens is 2. The maximum atomic E-state index is 6.64. The summed E-state index contributed by atoms with van der Waals surface area (Å²) in [7, 11) is 0. The molecule has 0 saturated heterocycles. The first-order chi connectivity index (χ1) is 21.3. The molecule has 0 amide bonds. The average Bonchev–Trinajstić information content (AvgIpc) is 3.73. The minimum atomic E-state index is 0.217. The Labute approximate surface area is 249 Å². The van der Waals surface area contributed by atoms with Gasteiger partial charge in [-0.25, -0.2) is 0 Å². The Morgan fingerprint density at radius 1 is 0.837 bits per heavy atom. The lowest BCUT2D eigenvalue weighted by Crippen LogP contribution is -2.32. The van der Waals surface area contributed by atoms with E-state index in [0.717, 1.165) is 42.4 Å². The van der Waals surface area contributed by atoms with Crippen LogP contribution in [-0.2, 0) is 6.42 Å². The van der Waals surface area contributed by atoms with Gasteiger partial charge in [0.1, 0.15) is 5.58 Å². The zero-order valence-corrected chi connectivity index (χ0v) is 23.7. The van der Waals surface area contributed by atoms with Crippen molar-refractivity contribution in [3.8, 4) is 0 Å². The number of nitrogens with zero attached hydrogens (tertiary/aromatic N) is 3. The average molecular weight is 556 g/mol. The molecule has 0 N–H and O–H groups in total. The number of para-hydroxylation sites is 3. The Kier molecular flexibility index (Phi) is 4.76. The number of furan rings is 1. The molecule has 0 radical (unpaired) electrons. The van der Waals surface area contributed by atoms with Crippen LogP contribution < -0.4 is 4.90 Å². The summed E-state index contributed by atoms with van der Waals surface area (Å²) in [5.41, 5.74) is 14.7. The topological polar surface area (TPSA) is 33.7 Å². The number of anilines is 1. The summed E-state index contributed by atoms with van der Waals surface area (Å²) in [5, 5.41) is 2.36. The van der Waals surface area contributed by atoms with Gasteiger partial charge in [-0.05, 0) is 72.7 Å². The van der Waals surface area contributed by atoms with Gasteiger partial charge in [0.05, 0.1) is 34.5 Å². The summed E-state index contributed by atoms with van der Waals surface area (Å²) in [5.74, 6) is 0.293. The molecule has 1 aliphatic heterocycles. The summed E-state index contributed by atoms with van der Waals surface area (Å²) < 4.78 is 9.08. The van der Waals surface area contributed by atoms with Gasteiger partial charge in [-0.15, -0.1) is 0 Å². The molecular weight excluding hydrogens is 526 g/mol. The fraction of sp³-hybridized carbons (Fsp3) is 0.154. The summed E-state index contributed by atoms with van der Waals surface area (Å²) in [6.07, 6.45) is 24.9. The van der Waals surface area contributed by atoms with Crippen LogP contribution >= 0.6 is 0 Å². The first-order valence-electron chi connectivity index (χ1n) is 15.4. The molecule has 3 aromatic heterocycles. The standard InChI is InChI=1S/C39H29N3O/c1-5-16-32-26(12-1)28-20-21-29-27-13-3-8-19-36(27)43-39(29)38(28)41(32)25-11-9-10-24(22-25)37-30-14-2-6-17-33(30)42-34-18-7-4-15-31(34)40-23-35(37)42/h1,3-8,11-13,15-23,26,32H,2,9-10,14H2. The molecule has 4 heterocycles. The van der Waals surface area contributed by atoms with Crippen molar-refractivity contribution in [3.05, 3.63) is 137 Å². The molecule has 6 aromatic rings. The SMILES string of the molecule is C1=CC2c3ccc4c(oc5ccccc54)c3N(C3=CCCC(c4c5c(n6c4cnc4ccccc46)C=CCC5)=C3)C2C=C1. The minimum absolute atomic E-state index is 0.217. The molecule has 2 atom stereocenters. The monoisotopic (exact) mass is 555 g/mol. The van der Waals surface area contributed by atoms with Gasteiger partial charge in [0.25, 0.3) is 0 Å². The lowest BCUT2D eigenvalue weighted by Gasteiger charge is -2.31. The Bertz CT molecular complexity index is 2320. The predicted molar refractivity (Wildman–Crippen MR) is 176 cm³/mol. The first kappa shape index (κ1) is 23.5. The van der Waals surface area contributed by atoms with Crippen molar-refractivity contribution < 1.29 is 4.42 Å². The predicted octanol–water partition coefficient (Wildman–Crippen LogP) is 9.51. The molecule has 206 valence electrons. The van der Waals surface area contributed by atoms with Gasteiger partial charge >= 0.3 is 0 Å². The zero-order valence-electron chi connectivity index (χ0n) is 23.7. The third kappa shape index (κ3) is 3.18. The van der Waals surface area contributed by atoms with E-state index in [1.54, 1.807) is 0 Å². The minimum Gasteiger partial charge on any atom is -0.454 e. The third-order valence-electron chi connectivity index (χ3n) is 9.88. The molecule has 3 aromatic carbocycles. The van der Waals surface area contributed by atoms with E-state index in [0.29, 0.717) is 5.92 Å². The molecule has 2 unspecified atom stereocenters. The maximum Gasteiger partial charge on any atom is 0.159 e. The second-order valence-electron chi connectivity index (χ2n) is 12.1. The Hall–Kier alpha value is -5.09. The van der Waals surface area contributed by atoms with Crippen LogP contribution in [-0.4, -0.2) is 15.4 Å². The fourth-order valence-electron chi connectivity index (χ4n) is 8.08. The summed E-state index contributed by atoms with van der Waals surface area (Å²) >= 11 is 0. The van der Waals surface area contributed by atoms with Crippen LogP contribution in [0.5, 0.6) is 0 Å². The van der Waals surface area contributed by atoms with Gasteiger partial charge in [-0.2, -0.15) is 0 Å². The number of benzene rings is 3. The van der Waals surface area contributed by atoms with Crippen molar-refractivity contribution in [2.24, 2.45) is 0 Å². The highest BCUT2D eigenvalue weighted by Gasteiger charge is 2.40. The largest absolute Gasteiger partial charge is 0.454 e. The van der Waals surface area contributed by atoms with Gasteiger partial charge in [0.15, 0.2) is 5.58 Å². The fourth-order valence-corrected chi connectivity index (χ4v) is 8.08. The van der Waals surface area contributed by atoms with Gasteiger partial charge in [-0.3, -0.25) is 4.98 Å². The lowest BCUT2D eigenvalue weighted by atomic mass is 9.89. The smallest absolute Gasteiger partial charge is 0.159 e. The van der Waals surface area contributed by atoms with Crippen LogP contribution in [0.3, 0.4) is 0 Å². The first-order valence-corrected chi connectivity index (χ1v) is 15.4. The molecule has 10 rings (SSSR count). The van der Waals surface area contributed by atoms with Gasteiger partial charge in [-0.1, -0.05) is 78.9 Å². The van der Waals surface area contributed by atoms with Gasteiger partial charge in [0.2, 0.25) is 0 Å². The van der Waals surface area contributed by atoms with Crippen LogP contribution in [0.2, 0.25) is 0 Å². The van der Waals surface area contributed by atoms with Gasteiger partial charge < -0.3 is 13.7 Å². The highest BCUT2D eigenvalue weighted by Crippen LogP contribution is 2.52. The Morgan fingerprint density at radius 3 is 2.74 bits per heavy atom. The molecule has 3 aliphatic carbocycles. The Morgan fingerprint density at radius 2 is 1.74 bits per heavy atom. The van der Waals surface area contributed by atoms with E-state index in [-0.39, 0.29) is 6.04 Å². The number of hydrogen-bond acceptors (Lipinski definition) is 3. The zero-order chi connectivity index (χ0) is 28.1. The van der Waals surface area contributed by atoms with Crippen LogP contribution in [0, 0.1) is 0 Å². The molecule has 0 bridgehead atoms. The van der Waals surface area contributed by atoms with E-state index in [4.69, 9.17) is 9.40 Å². The van der Waals surface area contributed by atoms with E-state index >= 15 is 0 Å². The van der Waals surface area contributed by atoms with E-state index in [1.807, 2.05) is 0 Å². The van der Waals surface area contributed by atoms with Crippen LogP contribution in [0.4, 0.5) is 5.69 Å². The number of rotatable bonds is 2. The van der Waals surface area contributed by atoms with Crippen LogP contribution in [0.15, 0.2) is 120 Å². The Balaban J connectivity index is 1.20. The molecule has 4 heteroatoms. The van der Waals surface area contributed by atoms with Crippen molar-refractivity contribution in [1.29, 1.82) is 0 Å². The van der Waals surface area contributed by atoms with E-state index in [2.05, 4.69) is 125 Å². The highest BCUT2D eigenvalue weighted by molar-refractivity contribution is 6.10. The van der Waals surface area contributed by atoms with Crippen LogP contribution in [0.25, 0.3) is 50.1 Å². The van der Waals surface area contributed by atoms with E-state index in [9.17, 15) is 0 Å². The third-order valence-corrected chi connectivity index (χ3v) is 9.88. The maximum absolute atomic E-state index is 6.64. The van der Waals surface area contributed by atoms with E-state index < -0.39 is 0 Å². The molecule has 0 saturated carbocycles. The second kappa shape index (κ2) is 8.71. The van der Waals surface area contributed by atoms with E-state index in [1.165, 1.54) is 61.1 Å². The summed E-state index contributed by atoms with van der Waals surface area (Å²) in [4.78, 5) is 7.47. The molecule has 43 heavy (non-hydrogen) atoms. The molecule has 4 aliphatic rings. The lowest BCUT2D eigenvalue weighted by molar-refractivity contribution is 0.666. The quantitative estimate of drug-likeness (QED) is 0.213. The van der Waals surface area contributed by atoms with Crippen LogP contribution in [0.1, 0.15) is 47.6 Å². The normalized spacial score (nSPS) is 20.6. The van der Waals surface area contributed by atoms with Crippen molar-refractivity contribution in [1.82, 2.24) is 9.38 Å². The summed E-state index contributed by atoms with van der Waals surface area (Å²) in [6.45, 7) is 0. The summed E-state index contributed by atoms with van der Waals surface area (Å²) in [6, 6.07) is 21.7. The van der Waals surface area contributed by atoms with Crippen molar-refractivity contribution in [3.63, 3.8) is 0 Å². The highest BCUT2D eigenvalue weighted by atomic mass is 16.3. The molecule has 4 nitrogen and oxygen atoms in total. The molecular formula is C39H29N3O. The van der Waals surface area contributed by atoms with Crippen molar-refractivity contribution >= 4 is 55.8 Å². The van der Waals surface area contributed by atoms with Crippen molar-refractivity contribution in [2.45, 2.75) is 37.6 Å². The second-order valence-corrected chi connectivity index (χ2v) is 12.1. The molecule has 0 spiro atoms.